The third kappa shape index (κ3) is 2.30. The first-order valence-corrected chi connectivity index (χ1v) is 7.32. The number of carbonyl (C=O) groups is 1. The Morgan fingerprint density at radius 2 is 2.26 bits per heavy atom. The summed E-state index contributed by atoms with van der Waals surface area (Å²) in [6.45, 7) is 4.72. The van der Waals surface area contributed by atoms with E-state index in [9.17, 15) is 4.79 Å². The number of carbonyl (C=O) groups excluding carboxylic acids is 1. The van der Waals surface area contributed by atoms with Gasteiger partial charge in [-0.1, -0.05) is 0 Å². The molecule has 1 aliphatic carbocycles. The number of nitrogens with one attached hydrogen (secondary N) is 1. The Kier molecular flexibility index (Phi) is 2.93. The number of amides is 1. The van der Waals surface area contributed by atoms with Gasteiger partial charge >= 0.3 is 0 Å². The summed E-state index contributed by atoms with van der Waals surface area (Å²) in [5, 5.41) is 3.88. The average molecular weight is 275 g/mol. The quantitative estimate of drug-likeness (QED) is 0.904. The minimum atomic E-state index is -0.0653. The molecule has 0 radical (unpaired) electrons. The predicted octanol–water partition coefficient (Wildman–Crippen LogP) is 2.64. The lowest BCUT2D eigenvalue weighted by atomic mass is 10.1. The number of nitrogens with zero attached hydrogens (tertiary/aromatic N) is 1. The Morgan fingerprint density at radius 3 is 2.95 bits per heavy atom. The molecule has 4 nitrogen and oxygen atoms in total. The van der Waals surface area contributed by atoms with Crippen molar-refractivity contribution in [2.24, 2.45) is 5.92 Å². The molecule has 0 saturated heterocycles. The van der Waals surface area contributed by atoms with Crippen molar-refractivity contribution >= 4 is 33.1 Å². The number of aryl methyl sites for hydroxylation is 2. The largest absolute Gasteiger partial charge is 0.397 e. The van der Waals surface area contributed by atoms with E-state index >= 15 is 0 Å². The van der Waals surface area contributed by atoms with Gasteiger partial charge in [0.05, 0.1) is 5.69 Å². The summed E-state index contributed by atoms with van der Waals surface area (Å²) in [6, 6.07) is 2.00. The van der Waals surface area contributed by atoms with Crippen molar-refractivity contribution in [3.05, 3.63) is 22.2 Å². The maximum absolute atomic E-state index is 12.2. The maximum Gasteiger partial charge on any atom is 0.263 e. The van der Waals surface area contributed by atoms with Gasteiger partial charge in [-0.15, -0.1) is 11.3 Å². The molecule has 3 rings (SSSR count). The molecule has 5 heteroatoms. The molecule has 2 aromatic heterocycles. The summed E-state index contributed by atoms with van der Waals surface area (Å²) in [7, 11) is 0. The first-order valence-electron chi connectivity index (χ1n) is 6.50. The third-order valence-electron chi connectivity index (χ3n) is 3.48. The molecule has 1 aliphatic rings. The van der Waals surface area contributed by atoms with Crippen LogP contribution in [0.25, 0.3) is 10.2 Å². The van der Waals surface area contributed by atoms with Crippen molar-refractivity contribution in [1.82, 2.24) is 10.3 Å². The van der Waals surface area contributed by atoms with Crippen LogP contribution in [0.3, 0.4) is 0 Å². The van der Waals surface area contributed by atoms with Crippen LogP contribution >= 0.6 is 11.3 Å². The molecule has 0 unspecified atom stereocenters. The molecule has 1 amide bonds. The van der Waals surface area contributed by atoms with Gasteiger partial charge in [0.25, 0.3) is 5.91 Å². The number of nitrogens with two attached hydrogens (primary N) is 1. The zero-order valence-electron chi connectivity index (χ0n) is 11.1. The van der Waals surface area contributed by atoms with Crippen LogP contribution in [0.1, 0.15) is 33.8 Å². The number of fused-ring (bicyclic) bond motifs is 1. The molecule has 1 saturated carbocycles. The monoisotopic (exact) mass is 275 g/mol. The molecular weight excluding hydrogens is 258 g/mol. The highest BCUT2D eigenvalue weighted by atomic mass is 32.1. The fraction of sp³-hybridized carbons (Fsp3) is 0.429. The molecule has 0 aliphatic heterocycles. The van der Waals surface area contributed by atoms with E-state index in [1.807, 2.05) is 19.9 Å². The Bertz CT molecular complexity index is 658. The first kappa shape index (κ1) is 12.4. The molecule has 0 bridgehead atoms. The fourth-order valence-corrected chi connectivity index (χ4v) is 3.41. The van der Waals surface area contributed by atoms with Crippen molar-refractivity contribution < 1.29 is 4.79 Å². The molecule has 100 valence electrons. The van der Waals surface area contributed by atoms with E-state index in [0.29, 0.717) is 16.5 Å². The zero-order valence-corrected chi connectivity index (χ0v) is 11.9. The highest BCUT2D eigenvalue weighted by Crippen LogP contribution is 2.35. The summed E-state index contributed by atoms with van der Waals surface area (Å²) in [6.07, 6.45) is 2.45. The summed E-state index contributed by atoms with van der Waals surface area (Å²) in [5.74, 6) is 0.603. The average Bonchev–Trinajstić information content (AvgIpc) is 3.10. The second-order valence-corrected chi connectivity index (χ2v) is 6.26. The number of rotatable bonds is 3. The van der Waals surface area contributed by atoms with Gasteiger partial charge in [-0.25, -0.2) is 4.98 Å². The normalized spacial score (nSPS) is 14.8. The number of anilines is 1. The number of nitrogen functional groups attached to an aromatic ring is 1. The lowest BCUT2D eigenvalue weighted by Crippen LogP contribution is -2.25. The SMILES string of the molecule is Cc1cc(C)c2c(N)c(C(=O)NCC3CC3)sc2n1. The smallest absolute Gasteiger partial charge is 0.263 e. The Balaban J connectivity index is 1.96. The van der Waals surface area contributed by atoms with E-state index in [0.717, 1.165) is 28.0 Å². The molecular formula is C14H17N3OS. The van der Waals surface area contributed by atoms with E-state index in [2.05, 4.69) is 10.3 Å². The van der Waals surface area contributed by atoms with Crippen molar-refractivity contribution in [3.63, 3.8) is 0 Å². The number of aromatic nitrogens is 1. The molecule has 0 spiro atoms. The topological polar surface area (TPSA) is 68.0 Å². The van der Waals surface area contributed by atoms with E-state index in [1.165, 1.54) is 24.2 Å². The van der Waals surface area contributed by atoms with Crippen LogP contribution in [0.2, 0.25) is 0 Å². The van der Waals surface area contributed by atoms with E-state index in [-0.39, 0.29) is 5.91 Å². The lowest BCUT2D eigenvalue weighted by molar-refractivity contribution is 0.0956. The minimum absolute atomic E-state index is 0.0653. The lowest BCUT2D eigenvalue weighted by Gasteiger charge is -2.03. The number of hydrogen-bond donors (Lipinski definition) is 2. The maximum atomic E-state index is 12.2. The van der Waals surface area contributed by atoms with Gasteiger partial charge in [0.1, 0.15) is 9.71 Å². The summed E-state index contributed by atoms with van der Waals surface area (Å²) < 4.78 is 0. The van der Waals surface area contributed by atoms with Crippen molar-refractivity contribution in [1.29, 1.82) is 0 Å². The van der Waals surface area contributed by atoms with Crippen LogP contribution in [0.15, 0.2) is 6.07 Å². The Hall–Kier alpha value is -1.62. The predicted molar refractivity (Wildman–Crippen MR) is 78.6 cm³/mol. The molecule has 0 aromatic carbocycles. The van der Waals surface area contributed by atoms with Gasteiger partial charge < -0.3 is 11.1 Å². The Morgan fingerprint density at radius 1 is 1.53 bits per heavy atom. The minimum Gasteiger partial charge on any atom is -0.397 e. The standard InChI is InChI=1S/C14H17N3OS/c1-7-5-8(2)17-14-10(7)11(15)12(19-14)13(18)16-6-9-3-4-9/h5,9H,3-4,6,15H2,1-2H3,(H,16,18). The summed E-state index contributed by atoms with van der Waals surface area (Å²) in [4.78, 5) is 18.1. The Labute approximate surface area is 116 Å². The third-order valence-corrected chi connectivity index (χ3v) is 4.58. The highest BCUT2D eigenvalue weighted by molar-refractivity contribution is 7.21. The van der Waals surface area contributed by atoms with E-state index in [4.69, 9.17) is 5.73 Å². The van der Waals surface area contributed by atoms with Crippen LogP contribution in [0.5, 0.6) is 0 Å². The van der Waals surface area contributed by atoms with Crippen molar-refractivity contribution in [3.8, 4) is 0 Å². The van der Waals surface area contributed by atoms with Gasteiger partial charge in [0.2, 0.25) is 0 Å². The van der Waals surface area contributed by atoms with E-state index in [1.54, 1.807) is 0 Å². The van der Waals surface area contributed by atoms with Gasteiger partial charge in [-0.3, -0.25) is 4.79 Å². The zero-order chi connectivity index (χ0) is 13.6. The van der Waals surface area contributed by atoms with Gasteiger partial charge in [-0.05, 0) is 44.2 Å². The second kappa shape index (κ2) is 4.49. The van der Waals surface area contributed by atoms with Crippen LogP contribution in [0.4, 0.5) is 5.69 Å². The number of pyridine rings is 1. The summed E-state index contributed by atoms with van der Waals surface area (Å²) in [5.41, 5.74) is 8.73. The van der Waals surface area contributed by atoms with Gasteiger partial charge in [-0.2, -0.15) is 0 Å². The fourth-order valence-electron chi connectivity index (χ4n) is 2.28. The van der Waals surface area contributed by atoms with Gasteiger partial charge in [0, 0.05) is 17.6 Å². The molecule has 1 fully saturated rings. The van der Waals surface area contributed by atoms with Crippen LogP contribution < -0.4 is 11.1 Å². The van der Waals surface area contributed by atoms with Crippen LogP contribution in [0, 0.1) is 19.8 Å². The molecule has 2 heterocycles. The number of hydrogen-bond acceptors (Lipinski definition) is 4. The van der Waals surface area contributed by atoms with Gasteiger partial charge in [0.15, 0.2) is 0 Å². The second-order valence-electron chi connectivity index (χ2n) is 5.26. The van der Waals surface area contributed by atoms with E-state index < -0.39 is 0 Å². The van der Waals surface area contributed by atoms with Crippen molar-refractivity contribution in [2.75, 3.05) is 12.3 Å². The molecule has 19 heavy (non-hydrogen) atoms. The molecule has 0 atom stereocenters. The van der Waals surface area contributed by atoms with Crippen LogP contribution in [-0.2, 0) is 0 Å². The molecule has 3 N–H and O–H groups in total. The number of thiophene rings is 1. The summed E-state index contributed by atoms with van der Waals surface area (Å²) >= 11 is 1.38. The van der Waals surface area contributed by atoms with Crippen molar-refractivity contribution in [2.45, 2.75) is 26.7 Å². The highest BCUT2D eigenvalue weighted by Gasteiger charge is 2.24. The first-order chi connectivity index (χ1) is 9.06. The van der Waals surface area contributed by atoms with Crippen LogP contribution in [-0.4, -0.2) is 17.4 Å². The molecule has 2 aromatic rings.